The molecule has 0 radical (unpaired) electrons. The van der Waals surface area contributed by atoms with E-state index in [0.29, 0.717) is 28.1 Å². The topological polar surface area (TPSA) is 97.6 Å². The number of rotatable bonds is 9. The molecule has 0 aliphatic carbocycles. The molecule has 2 aromatic carbocycles. The normalized spacial score (nSPS) is 11.8. The van der Waals surface area contributed by atoms with E-state index in [2.05, 4.69) is 15.5 Å². The summed E-state index contributed by atoms with van der Waals surface area (Å²) in [4.78, 5) is 26.7. The van der Waals surface area contributed by atoms with Gasteiger partial charge in [-0.2, -0.15) is 0 Å². The Balaban J connectivity index is 1.77. The summed E-state index contributed by atoms with van der Waals surface area (Å²) in [7, 11) is 1.58. The van der Waals surface area contributed by atoms with Gasteiger partial charge in [0.1, 0.15) is 5.75 Å². The Kier molecular flexibility index (Phi) is 8.06. The van der Waals surface area contributed by atoms with Crippen molar-refractivity contribution >= 4 is 23.4 Å². The van der Waals surface area contributed by atoms with E-state index < -0.39 is 6.04 Å². The Morgan fingerprint density at radius 1 is 1.12 bits per heavy atom. The quantitative estimate of drug-likeness (QED) is 0.497. The Morgan fingerprint density at radius 2 is 1.82 bits per heavy atom. The summed E-state index contributed by atoms with van der Waals surface area (Å²) in [6.45, 7) is 5.38. The molecule has 8 nitrogen and oxygen atoms in total. The fourth-order valence-electron chi connectivity index (χ4n) is 3.39. The van der Waals surface area contributed by atoms with Crippen LogP contribution in [0.2, 0.25) is 5.02 Å². The van der Waals surface area contributed by atoms with Gasteiger partial charge in [-0.05, 0) is 43.7 Å². The largest absolute Gasteiger partial charge is 0.497 e. The van der Waals surface area contributed by atoms with Crippen LogP contribution in [0.15, 0.2) is 52.9 Å². The molecule has 0 saturated carbocycles. The molecule has 1 heterocycles. The molecule has 3 aromatic rings. The number of ether oxygens (including phenoxy) is 1. The standard InChI is InChI=1S/C24H27ClN4O4/c1-15(2)29(14-22-27-28-24(33-22)19-7-5-6-8-20(19)25)23(31)13-21(26-16(3)30)17-9-11-18(32-4)12-10-17/h5-12,15,21H,13-14H2,1-4H3,(H,26,30). The van der Waals surface area contributed by atoms with Crippen molar-refractivity contribution in [3.05, 3.63) is 65.0 Å². The van der Waals surface area contributed by atoms with E-state index in [1.165, 1.54) is 6.92 Å². The van der Waals surface area contributed by atoms with Gasteiger partial charge in [-0.1, -0.05) is 35.9 Å². The molecule has 0 fully saturated rings. The molecule has 0 spiro atoms. The van der Waals surface area contributed by atoms with E-state index in [0.717, 1.165) is 5.56 Å². The van der Waals surface area contributed by atoms with E-state index in [9.17, 15) is 9.59 Å². The first-order chi connectivity index (χ1) is 15.8. The SMILES string of the molecule is COc1ccc(C(CC(=O)N(Cc2nnc(-c3ccccc3Cl)o2)C(C)C)NC(C)=O)cc1. The minimum atomic E-state index is -0.483. The van der Waals surface area contributed by atoms with Crippen molar-refractivity contribution in [2.24, 2.45) is 0 Å². The average Bonchev–Trinajstić information content (AvgIpc) is 3.25. The van der Waals surface area contributed by atoms with Gasteiger partial charge in [0.05, 0.1) is 36.7 Å². The second kappa shape index (κ2) is 11.0. The van der Waals surface area contributed by atoms with Crippen LogP contribution in [0.1, 0.15) is 44.7 Å². The van der Waals surface area contributed by atoms with E-state index in [-0.39, 0.29) is 30.8 Å². The molecule has 3 rings (SSSR count). The molecular formula is C24H27ClN4O4. The smallest absolute Gasteiger partial charge is 0.249 e. The fourth-order valence-corrected chi connectivity index (χ4v) is 3.61. The first-order valence-electron chi connectivity index (χ1n) is 10.6. The highest BCUT2D eigenvalue weighted by Gasteiger charge is 2.25. The molecule has 1 atom stereocenters. The van der Waals surface area contributed by atoms with Gasteiger partial charge in [-0.15, -0.1) is 10.2 Å². The molecule has 0 bridgehead atoms. The van der Waals surface area contributed by atoms with Crippen molar-refractivity contribution in [1.82, 2.24) is 20.4 Å². The molecule has 33 heavy (non-hydrogen) atoms. The maximum absolute atomic E-state index is 13.2. The van der Waals surface area contributed by atoms with Crippen LogP contribution in [-0.4, -0.2) is 40.1 Å². The van der Waals surface area contributed by atoms with Crippen LogP contribution in [-0.2, 0) is 16.1 Å². The molecule has 2 amide bonds. The summed E-state index contributed by atoms with van der Waals surface area (Å²) >= 11 is 6.22. The lowest BCUT2D eigenvalue weighted by Crippen LogP contribution is -2.39. The third kappa shape index (κ3) is 6.32. The van der Waals surface area contributed by atoms with Gasteiger partial charge >= 0.3 is 0 Å². The summed E-state index contributed by atoms with van der Waals surface area (Å²) < 4.78 is 11.0. The predicted octanol–water partition coefficient (Wildman–Crippen LogP) is 4.40. The van der Waals surface area contributed by atoms with E-state index in [4.69, 9.17) is 20.8 Å². The van der Waals surface area contributed by atoms with E-state index in [1.807, 2.05) is 38.1 Å². The first kappa shape index (κ1) is 24.3. The Hall–Kier alpha value is -3.39. The molecule has 0 aliphatic rings. The number of carbonyl (C=O) groups excluding carboxylic acids is 2. The van der Waals surface area contributed by atoms with Crippen LogP contribution in [0.4, 0.5) is 0 Å². The summed E-state index contributed by atoms with van der Waals surface area (Å²) in [5.41, 5.74) is 1.44. The average molecular weight is 471 g/mol. The molecule has 0 saturated heterocycles. The Bertz CT molecular complexity index is 1100. The zero-order valence-electron chi connectivity index (χ0n) is 19.0. The third-order valence-electron chi connectivity index (χ3n) is 5.09. The Labute approximate surface area is 197 Å². The van der Waals surface area contributed by atoms with Gasteiger partial charge < -0.3 is 19.4 Å². The number of nitrogens with one attached hydrogen (secondary N) is 1. The molecule has 174 valence electrons. The van der Waals surface area contributed by atoms with Gasteiger partial charge in [-0.3, -0.25) is 9.59 Å². The number of hydrogen-bond donors (Lipinski definition) is 1. The van der Waals surface area contributed by atoms with Crippen molar-refractivity contribution in [3.63, 3.8) is 0 Å². The van der Waals surface area contributed by atoms with Gasteiger partial charge in [0.2, 0.25) is 23.6 Å². The van der Waals surface area contributed by atoms with Crippen molar-refractivity contribution in [2.45, 2.75) is 45.8 Å². The minimum Gasteiger partial charge on any atom is -0.497 e. The first-order valence-corrected chi connectivity index (χ1v) is 10.9. The van der Waals surface area contributed by atoms with Crippen molar-refractivity contribution in [3.8, 4) is 17.2 Å². The van der Waals surface area contributed by atoms with E-state index >= 15 is 0 Å². The zero-order valence-corrected chi connectivity index (χ0v) is 19.8. The lowest BCUT2D eigenvalue weighted by molar-refractivity contribution is -0.134. The number of carbonyl (C=O) groups is 2. The van der Waals surface area contributed by atoms with Crippen LogP contribution >= 0.6 is 11.6 Å². The van der Waals surface area contributed by atoms with Crippen molar-refractivity contribution < 1.29 is 18.7 Å². The molecule has 0 aliphatic heterocycles. The number of amides is 2. The monoisotopic (exact) mass is 470 g/mol. The number of hydrogen-bond acceptors (Lipinski definition) is 6. The highest BCUT2D eigenvalue weighted by molar-refractivity contribution is 6.33. The second-order valence-electron chi connectivity index (χ2n) is 7.83. The van der Waals surface area contributed by atoms with Gasteiger partial charge in [0.15, 0.2) is 0 Å². The number of benzene rings is 2. The second-order valence-corrected chi connectivity index (χ2v) is 8.23. The fraction of sp³-hybridized carbons (Fsp3) is 0.333. The van der Waals surface area contributed by atoms with Gasteiger partial charge in [0.25, 0.3) is 0 Å². The van der Waals surface area contributed by atoms with E-state index in [1.54, 1.807) is 36.3 Å². The lowest BCUT2D eigenvalue weighted by Gasteiger charge is -2.28. The highest BCUT2D eigenvalue weighted by Crippen LogP contribution is 2.27. The van der Waals surface area contributed by atoms with Gasteiger partial charge in [0, 0.05) is 13.0 Å². The number of halogens is 1. The highest BCUT2D eigenvalue weighted by atomic mass is 35.5. The molecular weight excluding hydrogens is 444 g/mol. The summed E-state index contributed by atoms with van der Waals surface area (Å²) in [6, 6.07) is 13.8. The van der Waals surface area contributed by atoms with Crippen molar-refractivity contribution in [2.75, 3.05) is 7.11 Å². The summed E-state index contributed by atoms with van der Waals surface area (Å²) in [5, 5.41) is 11.5. The summed E-state index contributed by atoms with van der Waals surface area (Å²) in [5.74, 6) is 0.910. The predicted molar refractivity (Wildman–Crippen MR) is 125 cm³/mol. The molecule has 1 N–H and O–H groups in total. The number of aromatic nitrogens is 2. The molecule has 1 unspecified atom stereocenters. The summed E-state index contributed by atoms with van der Waals surface area (Å²) in [6.07, 6.45) is 0.0790. The molecule has 9 heteroatoms. The van der Waals surface area contributed by atoms with Crippen LogP contribution in [0, 0.1) is 0 Å². The van der Waals surface area contributed by atoms with Crippen LogP contribution < -0.4 is 10.1 Å². The lowest BCUT2D eigenvalue weighted by atomic mass is 10.0. The maximum Gasteiger partial charge on any atom is 0.249 e. The minimum absolute atomic E-state index is 0.0790. The zero-order chi connectivity index (χ0) is 24.0. The van der Waals surface area contributed by atoms with Crippen LogP contribution in [0.25, 0.3) is 11.5 Å². The van der Waals surface area contributed by atoms with Crippen molar-refractivity contribution in [1.29, 1.82) is 0 Å². The van der Waals surface area contributed by atoms with Crippen LogP contribution in [0.5, 0.6) is 5.75 Å². The third-order valence-corrected chi connectivity index (χ3v) is 5.42. The maximum atomic E-state index is 13.2. The van der Waals surface area contributed by atoms with Gasteiger partial charge in [-0.25, -0.2) is 0 Å². The number of methoxy groups -OCH3 is 1. The number of nitrogens with zero attached hydrogens (tertiary/aromatic N) is 3. The van der Waals surface area contributed by atoms with Crippen LogP contribution in [0.3, 0.4) is 0 Å². The molecule has 1 aromatic heterocycles. The Morgan fingerprint density at radius 3 is 2.42 bits per heavy atom.